The van der Waals surface area contributed by atoms with E-state index in [-0.39, 0.29) is 6.10 Å². The van der Waals surface area contributed by atoms with Crippen LogP contribution in [0.4, 0.5) is 0 Å². The van der Waals surface area contributed by atoms with Crippen LogP contribution in [0.5, 0.6) is 5.75 Å². The van der Waals surface area contributed by atoms with E-state index in [1.165, 1.54) is 11.1 Å². The second kappa shape index (κ2) is 6.33. The molecule has 1 aromatic carbocycles. The topological polar surface area (TPSA) is 35.2 Å². The Kier molecular flexibility index (Phi) is 5.06. The standard InChI is InChI=1S/C14H21NO/c1-4-12(10-15)8-13-6-5-7-14(9-13)16-11(2)3/h4-7,9,11H,8,10,15H2,1-3H3/b12-4-. The summed E-state index contributed by atoms with van der Waals surface area (Å²) in [4.78, 5) is 0. The molecule has 0 aliphatic rings. The van der Waals surface area contributed by atoms with E-state index in [4.69, 9.17) is 10.5 Å². The second-order valence-corrected chi connectivity index (χ2v) is 4.14. The van der Waals surface area contributed by atoms with Crippen LogP contribution in [0.15, 0.2) is 35.9 Å². The minimum absolute atomic E-state index is 0.214. The van der Waals surface area contributed by atoms with Crippen molar-refractivity contribution in [2.24, 2.45) is 5.73 Å². The lowest BCUT2D eigenvalue weighted by Gasteiger charge is -2.11. The summed E-state index contributed by atoms with van der Waals surface area (Å²) in [7, 11) is 0. The fourth-order valence-electron chi connectivity index (χ4n) is 1.56. The van der Waals surface area contributed by atoms with Gasteiger partial charge in [-0.25, -0.2) is 0 Å². The van der Waals surface area contributed by atoms with Gasteiger partial charge in [0.05, 0.1) is 6.10 Å². The van der Waals surface area contributed by atoms with E-state index in [9.17, 15) is 0 Å². The lowest BCUT2D eigenvalue weighted by molar-refractivity contribution is 0.242. The van der Waals surface area contributed by atoms with Crippen LogP contribution in [-0.2, 0) is 6.42 Å². The van der Waals surface area contributed by atoms with Crippen molar-refractivity contribution >= 4 is 0 Å². The van der Waals surface area contributed by atoms with Crippen molar-refractivity contribution < 1.29 is 4.74 Å². The first-order valence-electron chi connectivity index (χ1n) is 5.75. The van der Waals surface area contributed by atoms with Crippen LogP contribution in [-0.4, -0.2) is 12.6 Å². The van der Waals surface area contributed by atoms with E-state index in [0.29, 0.717) is 6.54 Å². The summed E-state index contributed by atoms with van der Waals surface area (Å²) in [6, 6.07) is 8.20. The molecule has 0 heterocycles. The van der Waals surface area contributed by atoms with Crippen LogP contribution in [0.2, 0.25) is 0 Å². The molecule has 16 heavy (non-hydrogen) atoms. The normalized spacial score (nSPS) is 11.9. The highest BCUT2D eigenvalue weighted by Crippen LogP contribution is 2.17. The lowest BCUT2D eigenvalue weighted by Crippen LogP contribution is -2.07. The quantitative estimate of drug-likeness (QED) is 0.773. The predicted molar refractivity (Wildman–Crippen MR) is 68.7 cm³/mol. The van der Waals surface area contributed by atoms with Crippen molar-refractivity contribution in [3.05, 3.63) is 41.5 Å². The largest absolute Gasteiger partial charge is 0.491 e. The molecule has 0 spiro atoms. The molecule has 0 radical (unpaired) electrons. The third-order valence-corrected chi connectivity index (χ3v) is 2.37. The molecule has 2 nitrogen and oxygen atoms in total. The highest BCUT2D eigenvalue weighted by atomic mass is 16.5. The maximum Gasteiger partial charge on any atom is 0.119 e. The van der Waals surface area contributed by atoms with Crippen LogP contribution in [0.3, 0.4) is 0 Å². The van der Waals surface area contributed by atoms with Crippen molar-refractivity contribution in [3.63, 3.8) is 0 Å². The predicted octanol–water partition coefficient (Wildman–Crippen LogP) is 2.92. The molecule has 1 aromatic rings. The monoisotopic (exact) mass is 219 g/mol. The van der Waals surface area contributed by atoms with E-state index < -0.39 is 0 Å². The van der Waals surface area contributed by atoms with E-state index in [1.807, 2.05) is 32.9 Å². The molecule has 1 rings (SSSR count). The average Bonchev–Trinajstić information content (AvgIpc) is 2.25. The van der Waals surface area contributed by atoms with Gasteiger partial charge in [-0.15, -0.1) is 0 Å². The molecule has 0 aliphatic heterocycles. The fourth-order valence-corrected chi connectivity index (χ4v) is 1.56. The van der Waals surface area contributed by atoms with Gasteiger partial charge in [0.1, 0.15) is 5.75 Å². The number of hydrogen-bond acceptors (Lipinski definition) is 2. The van der Waals surface area contributed by atoms with Gasteiger partial charge in [0.25, 0.3) is 0 Å². The minimum atomic E-state index is 0.214. The molecule has 0 atom stereocenters. The number of hydrogen-bond donors (Lipinski definition) is 1. The zero-order valence-corrected chi connectivity index (χ0v) is 10.4. The number of allylic oxidation sites excluding steroid dienone is 1. The molecular weight excluding hydrogens is 198 g/mol. The summed E-state index contributed by atoms with van der Waals surface area (Å²) in [6.07, 6.45) is 3.20. The summed E-state index contributed by atoms with van der Waals surface area (Å²) in [5.41, 5.74) is 8.15. The number of rotatable bonds is 5. The third kappa shape index (κ3) is 4.07. The number of benzene rings is 1. The first-order valence-corrected chi connectivity index (χ1v) is 5.75. The Labute approximate surface area is 98.1 Å². The van der Waals surface area contributed by atoms with Gasteiger partial charge in [-0.3, -0.25) is 0 Å². The van der Waals surface area contributed by atoms with Crippen molar-refractivity contribution in [2.45, 2.75) is 33.3 Å². The third-order valence-electron chi connectivity index (χ3n) is 2.37. The molecule has 2 heteroatoms. The van der Waals surface area contributed by atoms with Crippen LogP contribution in [0.25, 0.3) is 0 Å². The van der Waals surface area contributed by atoms with Gasteiger partial charge in [-0.05, 0) is 44.9 Å². The van der Waals surface area contributed by atoms with Crippen LogP contribution < -0.4 is 10.5 Å². The van der Waals surface area contributed by atoms with Crippen LogP contribution in [0.1, 0.15) is 26.3 Å². The smallest absolute Gasteiger partial charge is 0.119 e. The minimum Gasteiger partial charge on any atom is -0.491 e. The molecule has 0 aromatic heterocycles. The van der Waals surface area contributed by atoms with Gasteiger partial charge < -0.3 is 10.5 Å². The second-order valence-electron chi connectivity index (χ2n) is 4.14. The van der Waals surface area contributed by atoms with Gasteiger partial charge in [-0.1, -0.05) is 23.8 Å². The first-order chi connectivity index (χ1) is 7.65. The molecule has 0 saturated heterocycles. The van der Waals surface area contributed by atoms with Crippen molar-refractivity contribution in [3.8, 4) is 5.75 Å². The molecule has 88 valence electrons. The Morgan fingerprint density at radius 1 is 1.44 bits per heavy atom. The van der Waals surface area contributed by atoms with Crippen molar-refractivity contribution in [1.82, 2.24) is 0 Å². The van der Waals surface area contributed by atoms with E-state index in [1.54, 1.807) is 0 Å². The lowest BCUT2D eigenvalue weighted by atomic mass is 10.1. The van der Waals surface area contributed by atoms with Crippen molar-refractivity contribution in [1.29, 1.82) is 0 Å². The number of ether oxygens (including phenoxy) is 1. The maximum absolute atomic E-state index is 5.65. The zero-order valence-electron chi connectivity index (χ0n) is 10.4. The molecule has 2 N–H and O–H groups in total. The van der Waals surface area contributed by atoms with E-state index in [0.717, 1.165) is 12.2 Å². The summed E-state index contributed by atoms with van der Waals surface area (Å²) in [6.45, 7) is 6.70. The van der Waals surface area contributed by atoms with Gasteiger partial charge >= 0.3 is 0 Å². The molecule has 0 aliphatic carbocycles. The maximum atomic E-state index is 5.65. The van der Waals surface area contributed by atoms with Gasteiger partial charge in [0.15, 0.2) is 0 Å². The Balaban J connectivity index is 2.74. The summed E-state index contributed by atoms with van der Waals surface area (Å²) >= 11 is 0. The highest BCUT2D eigenvalue weighted by Gasteiger charge is 2.01. The summed E-state index contributed by atoms with van der Waals surface area (Å²) in [5.74, 6) is 0.931. The van der Waals surface area contributed by atoms with Crippen LogP contribution >= 0.6 is 0 Å². The molecule has 0 bridgehead atoms. The van der Waals surface area contributed by atoms with E-state index in [2.05, 4.69) is 18.2 Å². The highest BCUT2D eigenvalue weighted by molar-refractivity contribution is 5.31. The SMILES string of the molecule is C/C=C(\CN)Cc1cccc(OC(C)C)c1. The average molecular weight is 219 g/mol. The Morgan fingerprint density at radius 2 is 2.19 bits per heavy atom. The van der Waals surface area contributed by atoms with Gasteiger partial charge in [0.2, 0.25) is 0 Å². The fraction of sp³-hybridized carbons (Fsp3) is 0.429. The van der Waals surface area contributed by atoms with Crippen molar-refractivity contribution in [2.75, 3.05) is 6.54 Å². The molecule has 0 saturated carbocycles. The van der Waals surface area contributed by atoms with Gasteiger partial charge in [0, 0.05) is 6.54 Å². The molecule has 0 fully saturated rings. The first kappa shape index (κ1) is 12.8. The van der Waals surface area contributed by atoms with Gasteiger partial charge in [-0.2, -0.15) is 0 Å². The molecular formula is C14H21NO. The zero-order chi connectivity index (χ0) is 12.0. The summed E-state index contributed by atoms with van der Waals surface area (Å²) < 4.78 is 5.65. The molecule has 0 unspecified atom stereocenters. The Bertz CT molecular complexity index is 356. The Hall–Kier alpha value is -1.28. The van der Waals surface area contributed by atoms with E-state index >= 15 is 0 Å². The van der Waals surface area contributed by atoms with Crippen LogP contribution in [0, 0.1) is 0 Å². The Morgan fingerprint density at radius 3 is 2.75 bits per heavy atom. The molecule has 0 amide bonds. The summed E-state index contributed by atoms with van der Waals surface area (Å²) in [5, 5.41) is 0. The number of nitrogens with two attached hydrogens (primary N) is 1.